The number of benzene rings is 1. The second-order valence-corrected chi connectivity index (χ2v) is 7.35. The first-order chi connectivity index (χ1) is 13.1. The Balaban J connectivity index is 1.62. The van der Waals surface area contributed by atoms with Gasteiger partial charge in [0.25, 0.3) is 5.91 Å². The van der Waals surface area contributed by atoms with Crippen molar-refractivity contribution in [2.45, 2.75) is 37.3 Å². The minimum atomic E-state index is -0.440. The Labute approximate surface area is 158 Å². The number of aromatic nitrogens is 1. The number of fused-ring (bicyclic) bond motifs is 1. The topological polar surface area (TPSA) is 71.5 Å². The van der Waals surface area contributed by atoms with Gasteiger partial charge in [-0.25, -0.2) is 0 Å². The molecule has 2 aromatic rings. The van der Waals surface area contributed by atoms with Gasteiger partial charge < -0.3 is 15.0 Å². The van der Waals surface area contributed by atoms with Gasteiger partial charge in [0.1, 0.15) is 11.4 Å². The first-order valence-corrected chi connectivity index (χ1v) is 9.29. The number of rotatable bonds is 2. The molecule has 1 fully saturated rings. The molecule has 1 aromatic carbocycles. The average Bonchev–Trinajstić information content (AvgIpc) is 2.83. The number of nitrogens with one attached hydrogen (secondary N) is 1. The van der Waals surface area contributed by atoms with E-state index in [4.69, 9.17) is 4.74 Å². The molecule has 27 heavy (non-hydrogen) atoms. The first-order valence-electron chi connectivity index (χ1n) is 9.29. The number of ether oxygens (including phenoxy) is 1. The van der Waals surface area contributed by atoms with Crippen molar-refractivity contribution in [2.75, 3.05) is 13.6 Å². The zero-order valence-electron chi connectivity index (χ0n) is 15.4. The van der Waals surface area contributed by atoms with Crippen LogP contribution in [-0.4, -0.2) is 40.9 Å². The summed E-state index contributed by atoms with van der Waals surface area (Å²) in [5.74, 6) is 0.809. The highest BCUT2D eigenvalue weighted by molar-refractivity contribution is 5.94. The number of amides is 2. The van der Waals surface area contributed by atoms with Crippen molar-refractivity contribution in [1.29, 1.82) is 0 Å². The van der Waals surface area contributed by atoms with E-state index < -0.39 is 5.60 Å². The minimum Gasteiger partial charge on any atom is -0.487 e. The molecule has 0 unspecified atom stereocenters. The predicted octanol–water partition coefficient (Wildman–Crippen LogP) is 2.72. The molecule has 6 heteroatoms. The molecule has 1 N–H and O–H groups in total. The molecule has 2 amide bonds. The summed E-state index contributed by atoms with van der Waals surface area (Å²) in [6.07, 6.45) is 5.76. The average molecular weight is 365 g/mol. The number of carbonyl (C=O) groups is 2. The Morgan fingerprint density at radius 3 is 2.81 bits per heavy atom. The number of hydrogen-bond acceptors (Lipinski definition) is 4. The maximum atomic E-state index is 12.7. The van der Waals surface area contributed by atoms with Crippen molar-refractivity contribution in [3.8, 4) is 5.75 Å². The monoisotopic (exact) mass is 365 g/mol. The van der Waals surface area contributed by atoms with Crippen molar-refractivity contribution in [3.63, 3.8) is 0 Å². The highest BCUT2D eigenvalue weighted by Crippen LogP contribution is 2.44. The van der Waals surface area contributed by atoms with Crippen LogP contribution < -0.4 is 10.1 Å². The molecular formula is C21H23N3O3. The summed E-state index contributed by atoms with van der Waals surface area (Å²) in [6.45, 7) is 0.659. The second-order valence-electron chi connectivity index (χ2n) is 7.35. The molecular weight excluding hydrogens is 342 g/mol. The molecule has 1 spiro atoms. The number of para-hydroxylation sites is 1. The van der Waals surface area contributed by atoms with E-state index in [-0.39, 0.29) is 17.9 Å². The fourth-order valence-electron chi connectivity index (χ4n) is 3.94. The number of likely N-dealkylation sites (tertiary alicyclic amines) is 1. The third kappa shape index (κ3) is 3.52. The van der Waals surface area contributed by atoms with Gasteiger partial charge in [0, 0.05) is 56.4 Å². The third-order valence-electron chi connectivity index (χ3n) is 5.57. The van der Waals surface area contributed by atoms with Crippen LogP contribution in [0, 0.1) is 0 Å². The molecule has 1 aromatic heterocycles. The molecule has 1 saturated heterocycles. The van der Waals surface area contributed by atoms with E-state index in [0.717, 1.165) is 17.7 Å². The molecule has 4 rings (SSSR count). The summed E-state index contributed by atoms with van der Waals surface area (Å²) in [4.78, 5) is 30.6. The Hall–Kier alpha value is -2.89. The van der Waals surface area contributed by atoms with Crippen LogP contribution in [0.5, 0.6) is 5.75 Å². The van der Waals surface area contributed by atoms with Crippen molar-refractivity contribution < 1.29 is 14.3 Å². The fraction of sp³-hybridized carbons (Fsp3) is 0.381. The first kappa shape index (κ1) is 17.5. The number of nitrogens with zero attached hydrogens (tertiary/aromatic N) is 2. The van der Waals surface area contributed by atoms with Gasteiger partial charge in [-0.1, -0.05) is 18.2 Å². The summed E-state index contributed by atoms with van der Waals surface area (Å²) < 4.78 is 6.41. The van der Waals surface area contributed by atoms with E-state index in [1.807, 2.05) is 31.3 Å². The Morgan fingerprint density at radius 1 is 1.22 bits per heavy atom. The SMILES string of the molecule is CN1CC[C@@]2(CCC1=O)C[C@H](NC(=O)c1ccncc1)c1ccccc1O2. The highest BCUT2D eigenvalue weighted by atomic mass is 16.5. The Kier molecular flexibility index (Phi) is 4.56. The van der Waals surface area contributed by atoms with Crippen molar-refractivity contribution in [1.82, 2.24) is 15.2 Å². The standard InChI is InChI=1S/C21H23N3O3/c1-24-13-10-21(9-6-19(24)25)14-17(16-4-2-3-5-18(16)27-21)23-20(26)15-7-11-22-12-8-15/h2-5,7-8,11-12,17H,6,9-10,13-14H2,1H3,(H,23,26)/t17-,21-/m0/s1. The van der Waals surface area contributed by atoms with E-state index in [2.05, 4.69) is 10.3 Å². The van der Waals surface area contributed by atoms with Gasteiger partial charge in [0.15, 0.2) is 0 Å². The van der Waals surface area contributed by atoms with Gasteiger partial charge in [-0.15, -0.1) is 0 Å². The lowest BCUT2D eigenvalue weighted by atomic mass is 9.82. The molecule has 0 saturated carbocycles. The van der Waals surface area contributed by atoms with Crippen LogP contribution in [0.2, 0.25) is 0 Å². The van der Waals surface area contributed by atoms with Crippen LogP contribution in [-0.2, 0) is 4.79 Å². The predicted molar refractivity (Wildman–Crippen MR) is 100 cm³/mol. The molecule has 2 aliphatic heterocycles. The summed E-state index contributed by atoms with van der Waals surface area (Å²) >= 11 is 0. The van der Waals surface area contributed by atoms with Crippen LogP contribution in [0.25, 0.3) is 0 Å². The molecule has 2 atom stereocenters. The molecule has 3 heterocycles. The smallest absolute Gasteiger partial charge is 0.251 e. The van der Waals surface area contributed by atoms with Crippen LogP contribution in [0.3, 0.4) is 0 Å². The maximum Gasteiger partial charge on any atom is 0.251 e. The van der Waals surface area contributed by atoms with Crippen LogP contribution >= 0.6 is 0 Å². The van der Waals surface area contributed by atoms with E-state index in [1.54, 1.807) is 29.4 Å². The van der Waals surface area contributed by atoms with E-state index in [0.29, 0.717) is 31.4 Å². The highest BCUT2D eigenvalue weighted by Gasteiger charge is 2.43. The number of carbonyl (C=O) groups excluding carboxylic acids is 2. The number of hydrogen-bond donors (Lipinski definition) is 1. The van der Waals surface area contributed by atoms with Gasteiger partial charge in [0.05, 0.1) is 6.04 Å². The van der Waals surface area contributed by atoms with Crippen molar-refractivity contribution >= 4 is 11.8 Å². The normalized spacial score (nSPS) is 24.7. The van der Waals surface area contributed by atoms with Crippen LogP contribution in [0.15, 0.2) is 48.8 Å². The van der Waals surface area contributed by atoms with Gasteiger partial charge >= 0.3 is 0 Å². The summed E-state index contributed by atoms with van der Waals surface area (Å²) in [5.41, 5.74) is 1.12. The molecule has 0 radical (unpaired) electrons. The lowest BCUT2D eigenvalue weighted by Gasteiger charge is -2.42. The Bertz CT molecular complexity index is 855. The van der Waals surface area contributed by atoms with E-state index in [9.17, 15) is 9.59 Å². The maximum absolute atomic E-state index is 12.7. The van der Waals surface area contributed by atoms with Crippen LogP contribution in [0.1, 0.15) is 47.6 Å². The van der Waals surface area contributed by atoms with E-state index >= 15 is 0 Å². The van der Waals surface area contributed by atoms with Gasteiger partial charge in [-0.05, 0) is 24.6 Å². The molecule has 6 nitrogen and oxygen atoms in total. The van der Waals surface area contributed by atoms with Gasteiger partial charge in [0.2, 0.25) is 5.91 Å². The van der Waals surface area contributed by atoms with Crippen molar-refractivity contribution in [3.05, 3.63) is 59.9 Å². The summed E-state index contributed by atoms with van der Waals surface area (Å²) in [7, 11) is 1.83. The summed E-state index contributed by atoms with van der Waals surface area (Å²) in [5, 5.41) is 3.16. The fourth-order valence-corrected chi connectivity index (χ4v) is 3.94. The minimum absolute atomic E-state index is 0.129. The molecule has 2 aliphatic rings. The quantitative estimate of drug-likeness (QED) is 0.888. The molecule has 0 aliphatic carbocycles. The Morgan fingerprint density at radius 2 is 2.00 bits per heavy atom. The zero-order chi connectivity index (χ0) is 18.9. The van der Waals surface area contributed by atoms with Gasteiger partial charge in [-0.3, -0.25) is 14.6 Å². The van der Waals surface area contributed by atoms with E-state index in [1.165, 1.54) is 0 Å². The molecule has 0 bridgehead atoms. The van der Waals surface area contributed by atoms with Gasteiger partial charge in [-0.2, -0.15) is 0 Å². The largest absolute Gasteiger partial charge is 0.487 e. The third-order valence-corrected chi connectivity index (χ3v) is 5.57. The lowest BCUT2D eigenvalue weighted by molar-refractivity contribution is -0.129. The van der Waals surface area contributed by atoms with Crippen molar-refractivity contribution in [2.24, 2.45) is 0 Å². The lowest BCUT2D eigenvalue weighted by Crippen LogP contribution is -2.45. The molecule has 140 valence electrons. The second kappa shape index (κ2) is 7.02. The number of pyridine rings is 1. The zero-order valence-corrected chi connectivity index (χ0v) is 15.4. The van der Waals surface area contributed by atoms with Crippen LogP contribution in [0.4, 0.5) is 0 Å². The summed E-state index contributed by atoms with van der Waals surface area (Å²) in [6, 6.07) is 11.1.